The first kappa shape index (κ1) is 9.19. The fourth-order valence-electron chi connectivity index (χ4n) is 0.279. The molecule has 0 bridgehead atoms. The molecule has 0 saturated carbocycles. The molecule has 0 aromatic heterocycles. The van der Waals surface area contributed by atoms with E-state index in [0.29, 0.717) is 0 Å². The lowest BCUT2D eigenvalue weighted by Gasteiger charge is -2.07. The highest BCUT2D eigenvalue weighted by atomic mass is 35.5. The summed E-state index contributed by atoms with van der Waals surface area (Å²) in [5, 5.41) is 14.7. The Morgan fingerprint density at radius 1 is 1.30 bits per heavy atom. The summed E-state index contributed by atoms with van der Waals surface area (Å²) in [5.74, 6) is -2.86. The molecule has 5 nitrogen and oxygen atoms in total. The minimum atomic E-state index is -1.57. The number of nitrogens with two attached hydrogens (primary N) is 1. The molecule has 0 aliphatic rings. The van der Waals surface area contributed by atoms with Crippen LogP contribution in [0, 0.1) is 0 Å². The number of carboxylic acids is 2. The van der Waals surface area contributed by atoms with Gasteiger partial charge in [0.15, 0.2) is 5.38 Å². The zero-order chi connectivity index (χ0) is 8.31. The van der Waals surface area contributed by atoms with E-state index >= 15 is 0 Å². The molecule has 0 aliphatic heterocycles. The summed E-state index contributed by atoms with van der Waals surface area (Å²) in [7, 11) is 0. The van der Waals surface area contributed by atoms with Crippen LogP contribution in [0.3, 0.4) is 0 Å². The number of hydrogen-bond donors (Lipinski definition) is 3. The predicted molar refractivity (Wildman–Crippen MR) is 32.9 cm³/mol. The zero-order valence-corrected chi connectivity index (χ0v) is 5.58. The topological polar surface area (TPSA) is 101 Å². The summed E-state index contributed by atoms with van der Waals surface area (Å²) in [5.41, 5.74) is 4.85. The van der Waals surface area contributed by atoms with Crippen molar-refractivity contribution in [3.8, 4) is 0 Å². The molecule has 0 heterocycles. The van der Waals surface area contributed by atoms with Gasteiger partial charge in [-0.1, -0.05) is 0 Å². The summed E-state index contributed by atoms with van der Waals surface area (Å²) in [6.07, 6.45) is 0. The van der Waals surface area contributed by atoms with E-state index in [1.54, 1.807) is 0 Å². The maximum atomic E-state index is 9.97. The Bertz CT molecular complexity index is 141. The molecular formula is C4H6ClNO4. The quantitative estimate of drug-likeness (QED) is 0.473. The van der Waals surface area contributed by atoms with Gasteiger partial charge in [0.05, 0.1) is 0 Å². The Morgan fingerprint density at radius 3 is 1.80 bits per heavy atom. The minimum Gasteiger partial charge on any atom is -0.480 e. The minimum absolute atomic E-state index is 1.43. The van der Waals surface area contributed by atoms with E-state index in [9.17, 15) is 9.59 Å². The lowest BCUT2D eigenvalue weighted by molar-refractivity contribution is -0.144. The second kappa shape index (κ2) is 3.38. The second-order valence-electron chi connectivity index (χ2n) is 1.60. The van der Waals surface area contributed by atoms with Gasteiger partial charge in [0.1, 0.15) is 6.04 Å². The van der Waals surface area contributed by atoms with Crippen molar-refractivity contribution < 1.29 is 19.8 Å². The van der Waals surface area contributed by atoms with E-state index in [1.807, 2.05) is 0 Å². The van der Waals surface area contributed by atoms with E-state index in [1.165, 1.54) is 0 Å². The Labute approximate surface area is 61.4 Å². The van der Waals surface area contributed by atoms with Crippen molar-refractivity contribution in [2.45, 2.75) is 11.4 Å². The van der Waals surface area contributed by atoms with Crippen LogP contribution in [0.2, 0.25) is 0 Å². The summed E-state index contributed by atoms with van der Waals surface area (Å²) < 4.78 is 0. The van der Waals surface area contributed by atoms with E-state index in [2.05, 4.69) is 0 Å². The van der Waals surface area contributed by atoms with Crippen LogP contribution < -0.4 is 5.73 Å². The van der Waals surface area contributed by atoms with E-state index in [0.717, 1.165) is 0 Å². The molecule has 1 unspecified atom stereocenters. The fourth-order valence-corrected chi connectivity index (χ4v) is 0.387. The van der Waals surface area contributed by atoms with E-state index in [4.69, 9.17) is 27.5 Å². The Kier molecular flexibility index (Phi) is 3.11. The van der Waals surface area contributed by atoms with Gasteiger partial charge in [-0.15, -0.1) is 11.6 Å². The van der Waals surface area contributed by atoms with Crippen molar-refractivity contribution >= 4 is 23.5 Å². The van der Waals surface area contributed by atoms with Gasteiger partial charge in [0.25, 0.3) is 0 Å². The molecule has 0 aromatic carbocycles. The first-order valence-electron chi connectivity index (χ1n) is 2.32. The summed E-state index contributed by atoms with van der Waals surface area (Å²) in [4.78, 5) is 19.9. The Morgan fingerprint density at radius 2 is 1.70 bits per heavy atom. The standard InChI is InChI=1S/C4H6ClNO4/c5-1(3(7)8)2(6)4(9)10/h1-2H,6H2,(H,7,8)(H,9,10)/t1?,2-/m0/s1. The molecule has 10 heavy (non-hydrogen) atoms. The molecule has 0 spiro atoms. The Hall–Kier alpha value is -0.810. The van der Waals surface area contributed by atoms with Gasteiger partial charge < -0.3 is 15.9 Å². The lowest BCUT2D eigenvalue weighted by Crippen LogP contribution is -2.42. The maximum absolute atomic E-state index is 9.97. The number of carboxylic acid groups (broad SMARTS) is 2. The summed E-state index contributed by atoms with van der Waals surface area (Å²) in [6.45, 7) is 0. The largest absolute Gasteiger partial charge is 0.480 e. The van der Waals surface area contributed by atoms with Gasteiger partial charge in [-0.05, 0) is 0 Å². The third-order valence-corrected chi connectivity index (χ3v) is 1.29. The van der Waals surface area contributed by atoms with Gasteiger partial charge in [-0.3, -0.25) is 9.59 Å². The predicted octanol–water partition coefficient (Wildman–Crippen LogP) is -0.910. The van der Waals surface area contributed by atoms with Crippen LogP contribution in [0.15, 0.2) is 0 Å². The normalized spacial score (nSPS) is 15.8. The SMILES string of the molecule is N[C@H](C(=O)O)C(Cl)C(=O)O. The van der Waals surface area contributed by atoms with Gasteiger partial charge in [0, 0.05) is 0 Å². The van der Waals surface area contributed by atoms with Crippen LogP contribution in [0.5, 0.6) is 0 Å². The molecule has 2 atom stereocenters. The molecule has 0 saturated heterocycles. The second-order valence-corrected chi connectivity index (χ2v) is 2.07. The van der Waals surface area contributed by atoms with Crippen LogP contribution in [0.1, 0.15) is 0 Å². The van der Waals surface area contributed by atoms with Gasteiger partial charge >= 0.3 is 11.9 Å². The third-order valence-electron chi connectivity index (χ3n) is 0.836. The average molecular weight is 168 g/mol. The highest BCUT2D eigenvalue weighted by molar-refractivity contribution is 6.31. The smallest absolute Gasteiger partial charge is 0.323 e. The van der Waals surface area contributed by atoms with Crippen LogP contribution in [-0.2, 0) is 9.59 Å². The summed E-state index contributed by atoms with van der Waals surface area (Å²) >= 11 is 5.06. The first-order valence-corrected chi connectivity index (χ1v) is 2.75. The van der Waals surface area contributed by atoms with Crippen LogP contribution in [-0.4, -0.2) is 33.6 Å². The van der Waals surface area contributed by atoms with Crippen molar-refractivity contribution in [2.75, 3.05) is 0 Å². The number of aliphatic carboxylic acids is 2. The molecule has 0 radical (unpaired) electrons. The molecule has 4 N–H and O–H groups in total. The van der Waals surface area contributed by atoms with Crippen molar-refractivity contribution in [3.05, 3.63) is 0 Å². The van der Waals surface area contributed by atoms with Gasteiger partial charge in [0.2, 0.25) is 0 Å². The fraction of sp³-hybridized carbons (Fsp3) is 0.500. The summed E-state index contributed by atoms with van der Waals surface area (Å²) in [6, 6.07) is -1.56. The number of rotatable bonds is 3. The molecule has 6 heteroatoms. The number of hydrogen-bond acceptors (Lipinski definition) is 3. The molecule has 58 valence electrons. The van der Waals surface area contributed by atoms with Crippen LogP contribution >= 0.6 is 11.6 Å². The third kappa shape index (κ3) is 2.20. The average Bonchev–Trinajstić information content (AvgIpc) is 1.84. The van der Waals surface area contributed by atoms with Gasteiger partial charge in [-0.2, -0.15) is 0 Å². The van der Waals surface area contributed by atoms with Crippen molar-refractivity contribution in [1.29, 1.82) is 0 Å². The van der Waals surface area contributed by atoms with Gasteiger partial charge in [-0.25, -0.2) is 0 Å². The molecule has 0 amide bonds. The van der Waals surface area contributed by atoms with Crippen molar-refractivity contribution in [2.24, 2.45) is 5.73 Å². The first-order chi connectivity index (χ1) is 4.46. The monoisotopic (exact) mass is 167 g/mol. The number of carbonyl (C=O) groups is 2. The number of alkyl halides is 1. The van der Waals surface area contributed by atoms with Crippen LogP contribution in [0.4, 0.5) is 0 Å². The van der Waals surface area contributed by atoms with Crippen LogP contribution in [0.25, 0.3) is 0 Å². The molecule has 0 aromatic rings. The van der Waals surface area contributed by atoms with Crippen molar-refractivity contribution in [1.82, 2.24) is 0 Å². The molecular weight excluding hydrogens is 162 g/mol. The van der Waals surface area contributed by atoms with Crippen molar-refractivity contribution in [3.63, 3.8) is 0 Å². The van der Waals surface area contributed by atoms with E-state index in [-0.39, 0.29) is 0 Å². The molecule has 0 aliphatic carbocycles. The van der Waals surface area contributed by atoms with E-state index < -0.39 is 23.4 Å². The highest BCUT2D eigenvalue weighted by Crippen LogP contribution is 2.00. The Balaban J connectivity index is 4.07. The molecule has 0 fully saturated rings. The highest BCUT2D eigenvalue weighted by Gasteiger charge is 2.27. The maximum Gasteiger partial charge on any atom is 0.323 e. The molecule has 0 rings (SSSR count). The zero-order valence-electron chi connectivity index (χ0n) is 4.82. The number of halogens is 1. The lowest BCUT2D eigenvalue weighted by atomic mass is 10.2.